The highest BCUT2D eigenvalue weighted by Gasteiger charge is 2.25. The van der Waals surface area contributed by atoms with Crippen LogP contribution in [0, 0.1) is 0 Å². The van der Waals surface area contributed by atoms with E-state index in [0.717, 1.165) is 54.7 Å². The van der Waals surface area contributed by atoms with Gasteiger partial charge < -0.3 is 20.3 Å². The van der Waals surface area contributed by atoms with E-state index in [1.807, 2.05) is 18.2 Å². The van der Waals surface area contributed by atoms with Crippen molar-refractivity contribution < 1.29 is 9.53 Å². The zero-order chi connectivity index (χ0) is 16.2. The minimum atomic E-state index is -0.0780. The Morgan fingerprint density at radius 3 is 3.09 bits per heavy atom. The number of ether oxygens (including phenoxy) is 1. The molecular weight excluding hydrogens is 358 g/mol. The van der Waals surface area contributed by atoms with Crippen molar-refractivity contribution >= 4 is 22.0 Å². The maximum atomic E-state index is 12.4. The topological polar surface area (TPSA) is 53.6 Å². The lowest BCUT2D eigenvalue weighted by Gasteiger charge is -2.33. The van der Waals surface area contributed by atoms with Crippen molar-refractivity contribution in [2.24, 2.45) is 0 Å². The number of carbonyl (C=O) groups is 1. The van der Waals surface area contributed by atoms with Crippen LogP contribution in [0.3, 0.4) is 0 Å². The number of nitrogens with zero attached hydrogens (tertiary/aromatic N) is 1. The van der Waals surface area contributed by atoms with Crippen LogP contribution in [0.5, 0.6) is 5.75 Å². The maximum Gasteiger partial charge on any atom is 0.315 e. The number of hydrogen-bond acceptors (Lipinski definition) is 3. The minimum Gasteiger partial charge on any atom is -0.493 e. The van der Waals surface area contributed by atoms with Gasteiger partial charge in [0, 0.05) is 29.0 Å². The average molecular weight is 382 g/mol. The molecule has 2 amide bonds. The maximum absolute atomic E-state index is 12.4. The molecule has 1 aromatic rings. The quantitative estimate of drug-likeness (QED) is 0.845. The number of hydrogen-bond donors (Lipinski definition) is 2. The molecule has 6 heteroatoms. The molecule has 2 aliphatic heterocycles. The van der Waals surface area contributed by atoms with Gasteiger partial charge in [-0.3, -0.25) is 0 Å². The van der Waals surface area contributed by atoms with Gasteiger partial charge in [0.1, 0.15) is 5.75 Å². The molecule has 1 fully saturated rings. The van der Waals surface area contributed by atoms with Gasteiger partial charge >= 0.3 is 6.03 Å². The Labute approximate surface area is 145 Å². The van der Waals surface area contributed by atoms with Gasteiger partial charge in [0.2, 0.25) is 0 Å². The van der Waals surface area contributed by atoms with E-state index in [2.05, 4.69) is 38.4 Å². The molecule has 5 nitrogen and oxygen atoms in total. The Morgan fingerprint density at radius 1 is 1.39 bits per heavy atom. The van der Waals surface area contributed by atoms with Gasteiger partial charge in [-0.25, -0.2) is 4.79 Å². The molecule has 0 aliphatic carbocycles. The number of rotatable bonds is 3. The summed E-state index contributed by atoms with van der Waals surface area (Å²) in [6.45, 7) is 5.92. The van der Waals surface area contributed by atoms with Crippen molar-refractivity contribution in [3.8, 4) is 5.75 Å². The Kier molecular flexibility index (Phi) is 5.43. The fourth-order valence-corrected chi connectivity index (χ4v) is 3.74. The molecule has 2 atom stereocenters. The molecule has 0 aromatic heterocycles. The van der Waals surface area contributed by atoms with Gasteiger partial charge in [-0.15, -0.1) is 0 Å². The first-order chi connectivity index (χ1) is 11.2. The van der Waals surface area contributed by atoms with Crippen molar-refractivity contribution in [2.45, 2.75) is 38.3 Å². The van der Waals surface area contributed by atoms with E-state index in [1.165, 1.54) is 0 Å². The zero-order valence-corrected chi connectivity index (χ0v) is 15.1. The van der Waals surface area contributed by atoms with E-state index >= 15 is 0 Å². The third-order valence-electron chi connectivity index (χ3n) is 4.60. The summed E-state index contributed by atoms with van der Waals surface area (Å²) in [6, 6.07) is 6.10. The molecule has 0 saturated carbocycles. The second-order valence-corrected chi connectivity index (χ2v) is 7.14. The van der Waals surface area contributed by atoms with Crippen LogP contribution in [0.4, 0.5) is 4.79 Å². The number of piperidine rings is 1. The number of nitrogens with one attached hydrogen (secondary N) is 2. The third-order valence-corrected chi connectivity index (χ3v) is 5.10. The van der Waals surface area contributed by atoms with Crippen LogP contribution in [-0.2, 0) is 0 Å². The van der Waals surface area contributed by atoms with Crippen molar-refractivity contribution in [1.82, 2.24) is 15.5 Å². The molecule has 2 N–H and O–H groups in total. The number of likely N-dealkylation sites (N-methyl/N-ethyl adjacent to an activating group) is 1. The van der Waals surface area contributed by atoms with E-state index in [9.17, 15) is 4.79 Å². The van der Waals surface area contributed by atoms with E-state index in [4.69, 9.17) is 4.74 Å². The lowest BCUT2D eigenvalue weighted by molar-refractivity contribution is 0.188. The Hall–Kier alpha value is -1.27. The molecule has 23 heavy (non-hydrogen) atoms. The number of benzene rings is 1. The van der Waals surface area contributed by atoms with Crippen LogP contribution in [0.1, 0.15) is 37.8 Å². The van der Waals surface area contributed by atoms with Crippen molar-refractivity contribution in [1.29, 1.82) is 0 Å². The van der Waals surface area contributed by atoms with Crippen LogP contribution in [0.25, 0.3) is 0 Å². The summed E-state index contributed by atoms with van der Waals surface area (Å²) < 4.78 is 6.67. The number of halogens is 1. The van der Waals surface area contributed by atoms with E-state index in [-0.39, 0.29) is 18.1 Å². The first kappa shape index (κ1) is 16.6. The SMILES string of the molecule is CCN1CCCC(NC(=O)NC2CCOc3ccc(Br)cc32)C1. The van der Waals surface area contributed by atoms with Crippen LogP contribution in [-0.4, -0.2) is 43.2 Å². The van der Waals surface area contributed by atoms with Crippen LogP contribution in [0.2, 0.25) is 0 Å². The molecule has 126 valence electrons. The lowest BCUT2D eigenvalue weighted by atomic mass is 10.0. The molecule has 0 bridgehead atoms. The first-order valence-electron chi connectivity index (χ1n) is 8.37. The van der Waals surface area contributed by atoms with Gasteiger partial charge in [-0.1, -0.05) is 22.9 Å². The monoisotopic (exact) mass is 381 g/mol. The van der Waals surface area contributed by atoms with E-state index in [1.54, 1.807) is 0 Å². The highest BCUT2D eigenvalue weighted by atomic mass is 79.9. The number of likely N-dealkylation sites (tertiary alicyclic amines) is 1. The molecule has 1 saturated heterocycles. The molecule has 3 rings (SSSR count). The Morgan fingerprint density at radius 2 is 2.26 bits per heavy atom. The summed E-state index contributed by atoms with van der Waals surface area (Å²) in [5, 5.41) is 6.24. The summed E-state index contributed by atoms with van der Waals surface area (Å²) in [6.07, 6.45) is 2.99. The smallest absolute Gasteiger partial charge is 0.315 e. The van der Waals surface area contributed by atoms with Crippen molar-refractivity contribution in [3.05, 3.63) is 28.2 Å². The number of amides is 2. The largest absolute Gasteiger partial charge is 0.493 e. The normalized spacial score (nSPS) is 24.4. The van der Waals surface area contributed by atoms with Gasteiger partial charge in [-0.2, -0.15) is 0 Å². The molecule has 0 spiro atoms. The molecule has 1 aromatic carbocycles. The van der Waals surface area contributed by atoms with E-state index in [0.29, 0.717) is 6.61 Å². The Bertz CT molecular complexity index is 567. The summed E-state index contributed by atoms with van der Waals surface area (Å²) in [5.41, 5.74) is 1.04. The van der Waals surface area contributed by atoms with Gasteiger partial charge in [-0.05, 0) is 44.1 Å². The first-order valence-corrected chi connectivity index (χ1v) is 9.16. The summed E-state index contributed by atoms with van der Waals surface area (Å²) in [5.74, 6) is 0.861. The lowest BCUT2D eigenvalue weighted by Crippen LogP contribution is -2.51. The second-order valence-electron chi connectivity index (χ2n) is 6.22. The van der Waals surface area contributed by atoms with Gasteiger partial charge in [0.15, 0.2) is 0 Å². The van der Waals surface area contributed by atoms with E-state index < -0.39 is 0 Å². The minimum absolute atomic E-state index is 0.00196. The molecule has 2 unspecified atom stereocenters. The predicted molar refractivity (Wildman–Crippen MR) is 93.8 cm³/mol. The highest BCUT2D eigenvalue weighted by Crippen LogP contribution is 2.34. The predicted octanol–water partition coefficient (Wildman–Crippen LogP) is 3.06. The number of carbonyl (C=O) groups excluding carboxylic acids is 1. The highest BCUT2D eigenvalue weighted by molar-refractivity contribution is 9.10. The summed E-state index contributed by atoms with van der Waals surface area (Å²) in [7, 11) is 0. The summed E-state index contributed by atoms with van der Waals surface area (Å²) in [4.78, 5) is 14.8. The summed E-state index contributed by atoms with van der Waals surface area (Å²) >= 11 is 3.49. The van der Waals surface area contributed by atoms with Crippen molar-refractivity contribution in [3.63, 3.8) is 0 Å². The third kappa shape index (κ3) is 4.18. The average Bonchev–Trinajstić information content (AvgIpc) is 2.55. The van der Waals surface area contributed by atoms with Gasteiger partial charge in [0.05, 0.1) is 12.6 Å². The van der Waals surface area contributed by atoms with Crippen LogP contribution in [0.15, 0.2) is 22.7 Å². The second kappa shape index (κ2) is 7.53. The van der Waals surface area contributed by atoms with Crippen LogP contribution >= 0.6 is 15.9 Å². The molecular formula is C17H24BrN3O2. The molecule has 2 aliphatic rings. The number of urea groups is 1. The zero-order valence-electron chi connectivity index (χ0n) is 13.5. The molecule has 0 radical (unpaired) electrons. The number of fused-ring (bicyclic) bond motifs is 1. The van der Waals surface area contributed by atoms with Crippen molar-refractivity contribution in [2.75, 3.05) is 26.2 Å². The fraction of sp³-hybridized carbons (Fsp3) is 0.588. The molecule has 2 heterocycles. The van der Waals surface area contributed by atoms with Crippen LogP contribution < -0.4 is 15.4 Å². The van der Waals surface area contributed by atoms with Gasteiger partial charge in [0.25, 0.3) is 0 Å². The Balaban J connectivity index is 1.59. The standard InChI is InChI=1S/C17H24BrN3O2/c1-2-21-8-3-4-13(11-21)19-17(22)20-15-7-9-23-16-6-5-12(18)10-14(15)16/h5-6,10,13,15H,2-4,7-9,11H2,1H3,(H2,19,20,22). The fourth-order valence-electron chi connectivity index (χ4n) is 3.36.